The van der Waals surface area contributed by atoms with Gasteiger partial charge in [0, 0.05) is 6.20 Å². The van der Waals surface area contributed by atoms with E-state index in [1.807, 2.05) is 0 Å². The van der Waals surface area contributed by atoms with Crippen molar-refractivity contribution in [2.45, 2.75) is 13.0 Å². The lowest BCUT2D eigenvalue weighted by Crippen LogP contribution is -2.18. The number of carbonyl (C=O) groups is 1. The number of nitrogens with two attached hydrogens (primary N) is 1. The fourth-order valence-electron chi connectivity index (χ4n) is 0.847. The first-order valence-electron chi connectivity index (χ1n) is 3.53. The lowest BCUT2D eigenvalue weighted by molar-refractivity contribution is -0.144. The van der Waals surface area contributed by atoms with Crippen molar-refractivity contribution in [3.8, 4) is 0 Å². The Kier molecular flexibility index (Phi) is 2.32. The smallest absolute Gasteiger partial charge is 0.330 e. The van der Waals surface area contributed by atoms with Gasteiger partial charge in [-0.2, -0.15) is 5.10 Å². The minimum Gasteiger partial charge on any atom is -0.467 e. The Bertz CT molecular complexity index is 282. The summed E-state index contributed by atoms with van der Waals surface area (Å²) in [4.78, 5) is 11.0. The first-order valence-corrected chi connectivity index (χ1v) is 3.53. The number of hydrogen-bond acceptors (Lipinski definition) is 4. The molecule has 12 heavy (non-hydrogen) atoms. The van der Waals surface area contributed by atoms with Gasteiger partial charge in [0.25, 0.3) is 0 Å². The molecule has 0 aromatic carbocycles. The number of aromatic nitrogens is 2. The lowest BCUT2D eigenvalue weighted by Gasteiger charge is -2.08. The summed E-state index contributed by atoms with van der Waals surface area (Å²) in [5.74, 6) is 0.0591. The standard InChI is InChI=1S/C7H11N3O2/c1-5(7(11)12-2)10-4-3-6(8)9-10/h3-5H,1-2H3,(H2,8,9). The first-order chi connectivity index (χ1) is 5.65. The van der Waals surface area contributed by atoms with Gasteiger partial charge in [0.05, 0.1) is 7.11 Å². The monoisotopic (exact) mass is 169 g/mol. The number of nitrogens with zero attached hydrogens (tertiary/aromatic N) is 2. The second-order valence-corrected chi connectivity index (χ2v) is 2.42. The van der Waals surface area contributed by atoms with Crippen molar-refractivity contribution in [2.75, 3.05) is 12.8 Å². The maximum absolute atomic E-state index is 11.0. The molecule has 1 aromatic heterocycles. The maximum atomic E-state index is 11.0. The Labute approximate surface area is 70.1 Å². The van der Waals surface area contributed by atoms with Gasteiger partial charge in [-0.25, -0.2) is 4.79 Å². The number of rotatable bonds is 2. The molecule has 0 spiro atoms. The SMILES string of the molecule is COC(=O)C(C)n1ccc(N)n1. The first kappa shape index (κ1) is 8.58. The van der Waals surface area contributed by atoms with E-state index >= 15 is 0 Å². The highest BCUT2D eigenvalue weighted by Crippen LogP contribution is 2.07. The average Bonchev–Trinajstić information content (AvgIpc) is 2.49. The summed E-state index contributed by atoms with van der Waals surface area (Å²) >= 11 is 0. The molecular weight excluding hydrogens is 158 g/mol. The molecule has 0 bridgehead atoms. The van der Waals surface area contributed by atoms with E-state index in [0.29, 0.717) is 5.82 Å². The zero-order valence-electron chi connectivity index (χ0n) is 7.02. The van der Waals surface area contributed by atoms with Crippen LogP contribution in [0.2, 0.25) is 0 Å². The Morgan fingerprint density at radius 1 is 1.83 bits per heavy atom. The van der Waals surface area contributed by atoms with Gasteiger partial charge in [0.15, 0.2) is 0 Å². The third-order valence-electron chi connectivity index (χ3n) is 1.57. The molecule has 0 aliphatic rings. The van der Waals surface area contributed by atoms with E-state index < -0.39 is 6.04 Å². The van der Waals surface area contributed by atoms with E-state index in [-0.39, 0.29) is 5.97 Å². The number of anilines is 1. The molecule has 1 atom stereocenters. The van der Waals surface area contributed by atoms with Crippen LogP contribution in [-0.4, -0.2) is 22.9 Å². The minimum atomic E-state index is -0.424. The summed E-state index contributed by atoms with van der Waals surface area (Å²) in [5.41, 5.74) is 5.37. The quantitative estimate of drug-likeness (QED) is 0.642. The van der Waals surface area contributed by atoms with Crippen LogP contribution in [0, 0.1) is 0 Å². The molecule has 5 nitrogen and oxygen atoms in total. The van der Waals surface area contributed by atoms with Crippen LogP contribution in [0.15, 0.2) is 12.3 Å². The molecule has 0 amide bonds. The Balaban J connectivity index is 2.77. The molecule has 1 heterocycles. The highest BCUT2D eigenvalue weighted by molar-refractivity contribution is 5.73. The van der Waals surface area contributed by atoms with E-state index in [1.54, 1.807) is 19.2 Å². The lowest BCUT2D eigenvalue weighted by atomic mass is 10.3. The van der Waals surface area contributed by atoms with Crippen LogP contribution in [0.3, 0.4) is 0 Å². The van der Waals surface area contributed by atoms with Crippen molar-refractivity contribution in [1.29, 1.82) is 0 Å². The van der Waals surface area contributed by atoms with Gasteiger partial charge in [-0.1, -0.05) is 0 Å². The van der Waals surface area contributed by atoms with Crippen LogP contribution >= 0.6 is 0 Å². The molecule has 0 fully saturated rings. The highest BCUT2D eigenvalue weighted by atomic mass is 16.5. The Hall–Kier alpha value is -1.52. The van der Waals surface area contributed by atoms with Gasteiger partial charge >= 0.3 is 5.97 Å². The summed E-state index contributed by atoms with van der Waals surface area (Å²) in [6, 6.07) is 1.20. The molecule has 0 radical (unpaired) electrons. The molecule has 5 heteroatoms. The number of carbonyl (C=O) groups excluding carboxylic acids is 1. The van der Waals surface area contributed by atoms with Crippen LogP contribution in [0.5, 0.6) is 0 Å². The van der Waals surface area contributed by atoms with E-state index in [2.05, 4.69) is 9.84 Å². The number of ether oxygens (including phenoxy) is 1. The van der Waals surface area contributed by atoms with Crippen LogP contribution in [0.25, 0.3) is 0 Å². The highest BCUT2D eigenvalue weighted by Gasteiger charge is 2.15. The fraction of sp³-hybridized carbons (Fsp3) is 0.429. The molecule has 0 aliphatic heterocycles. The number of hydrogen-bond donors (Lipinski definition) is 1. The topological polar surface area (TPSA) is 70.1 Å². The Morgan fingerprint density at radius 2 is 2.50 bits per heavy atom. The number of nitrogen functional groups attached to an aromatic ring is 1. The van der Waals surface area contributed by atoms with Gasteiger partial charge in [-0.3, -0.25) is 4.68 Å². The predicted octanol–water partition coefficient (Wildman–Crippen LogP) is 0.199. The largest absolute Gasteiger partial charge is 0.467 e. The van der Waals surface area contributed by atoms with Crippen molar-refractivity contribution in [2.24, 2.45) is 0 Å². The van der Waals surface area contributed by atoms with Crippen molar-refractivity contribution in [3.05, 3.63) is 12.3 Å². The van der Waals surface area contributed by atoms with Crippen LogP contribution in [0.4, 0.5) is 5.82 Å². The third-order valence-corrected chi connectivity index (χ3v) is 1.57. The molecule has 2 N–H and O–H groups in total. The molecule has 0 saturated heterocycles. The molecule has 1 aromatic rings. The summed E-state index contributed by atoms with van der Waals surface area (Å²) in [6.07, 6.45) is 1.64. The zero-order chi connectivity index (χ0) is 9.14. The van der Waals surface area contributed by atoms with Crippen molar-refractivity contribution in [3.63, 3.8) is 0 Å². The van der Waals surface area contributed by atoms with Crippen molar-refractivity contribution in [1.82, 2.24) is 9.78 Å². The van der Waals surface area contributed by atoms with Gasteiger partial charge in [0.1, 0.15) is 11.9 Å². The van der Waals surface area contributed by atoms with Crippen molar-refractivity contribution < 1.29 is 9.53 Å². The number of esters is 1. The minimum absolute atomic E-state index is 0.335. The second-order valence-electron chi connectivity index (χ2n) is 2.42. The molecule has 66 valence electrons. The van der Waals surface area contributed by atoms with E-state index in [4.69, 9.17) is 5.73 Å². The second kappa shape index (κ2) is 3.25. The molecular formula is C7H11N3O2. The molecule has 0 saturated carbocycles. The van der Waals surface area contributed by atoms with Crippen molar-refractivity contribution >= 4 is 11.8 Å². The summed E-state index contributed by atoms with van der Waals surface area (Å²) in [5, 5.41) is 3.87. The normalized spacial score (nSPS) is 12.5. The fourth-order valence-corrected chi connectivity index (χ4v) is 0.847. The molecule has 1 unspecified atom stereocenters. The maximum Gasteiger partial charge on any atom is 0.330 e. The van der Waals surface area contributed by atoms with Crippen LogP contribution in [0.1, 0.15) is 13.0 Å². The van der Waals surface area contributed by atoms with E-state index in [1.165, 1.54) is 11.8 Å². The number of methoxy groups -OCH3 is 1. The van der Waals surface area contributed by atoms with Crippen LogP contribution < -0.4 is 5.73 Å². The average molecular weight is 169 g/mol. The van der Waals surface area contributed by atoms with E-state index in [9.17, 15) is 4.79 Å². The molecule has 0 aliphatic carbocycles. The van der Waals surface area contributed by atoms with Gasteiger partial charge < -0.3 is 10.5 Å². The van der Waals surface area contributed by atoms with Crippen LogP contribution in [-0.2, 0) is 9.53 Å². The van der Waals surface area contributed by atoms with Gasteiger partial charge in [0.2, 0.25) is 0 Å². The van der Waals surface area contributed by atoms with Gasteiger partial charge in [-0.05, 0) is 13.0 Å². The summed E-state index contributed by atoms with van der Waals surface area (Å²) in [6.45, 7) is 1.69. The zero-order valence-corrected chi connectivity index (χ0v) is 7.02. The van der Waals surface area contributed by atoms with E-state index in [0.717, 1.165) is 0 Å². The Morgan fingerprint density at radius 3 is 2.92 bits per heavy atom. The van der Waals surface area contributed by atoms with Gasteiger partial charge in [-0.15, -0.1) is 0 Å². The summed E-state index contributed by atoms with van der Waals surface area (Å²) < 4.78 is 5.99. The third kappa shape index (κ3) is 1.55. The predicted molar refractivity (Wildman–Crippen MR) is 43.4 cm³/mol. The summed E-state index contributed by atoms with van der Waals surface area (Å²) in [7, 11) is 1.34. The molecule has 1 rings (SSSR count).